The molecular weight excluding hydrogens is 116 g/mol. The Bertz CT molecular complexity index is 118. The fraction of sp³-hybridized carbons (Fsp3) is 1.00. The number of rotatable bonds is 0. The van der Waals surface area contributed by atoms with E-state index in [0.29, 0.717) is 0 Å². The number of aliphatic hydroxyl groups is 1. The number of hydrogen-bond acceptors (Lipinski definition) is 2. The molecule has 1 aliphatic heterocycles. The molecule has 1 aliphatic carbocycles. The van der Waals surface area contributed by atoms with Crippen molar-refractivity contribution in [2.75, 3.05) is 6.61 Å². The average Bonchev–Trinajstić information content (AvgIpc) is 2.49. The Hall–Kier alpha value is -0.0800. The van der Waals surface area contributed by atoms with E-state index >= 15 is 0 Å². The highest BCUT2D eigenvalue weighted by Gasteiger charge is 2.47. The van der Waals surface area contributed by atoms with Gasteiger partial charge in [0, 0.05) is 6.42 Å². The van der Waals surface area contributed by atoms with Crippen molar-refractivity contribution < 1.29 is 9.84 Å². The standard InChI is InChI=1S/C7H12O2/c8-6-2-1-3-7(4-6)5-9-7/h6,8H,1-5H2. The van der Waals surface area contributed by atoms with Crippen LogP contribution in [0, 0.1) is 0 Å². The van der Waals surface area contributed by atoms with Crippen LogP contribution in [0.25, 0.3) is 0 Å². The molecule has 0 bridgehead atoms. The van der Waals surface area contributed by atoms with E-state index in [0.717, 1.165) is 25.9 Å². The smallest absolute Gasteiger partial charge is 0.0941 e. The first-order valence-electron chi connectivity index (χ1n) is 3.63. The van der Waals surface area contributed by atoms with E-state index in [2.05, 4.69) is 0 Å². The van der Waals surface area contributed by atoms with Gasteiger partial charge < -0.3 is 9.84 Å². The predicted molar refractivity (Wildman–Crippen MR) is 33.2 cm³/mol. The lowest BCUT2D eigenvalue weighted by Crippen LogP contribution is -2.25. The van der Waals surface area contributed by atoms with Gasteiger partial charge >= 0.3 is 0 Å². The van der Waals surface area contributed by atoms with Crippen molar-refractivity contribution in [2.24, 2.45) is 0 Å². The second-order valence-corrected chi connectivity index (χ2v) is 3.22. The molecule has 2 nitrogen and oxygen atoms in total. The van der Waals surface area contributed by atoms with E-state index in [4.69, 9.17) is 4.74 Å². The Morgan fingerprint density at radius 3 is 2.78 bits per heavy atom. The summed E-state index contributed by atoms with van der Waals surface area (Å²) in [6.07, 6.45) is 4.09. The van der Waals surface area contributed by atoms with Crippen molar-refractivity contribution in [3.8, 4) is 0 Å². The third-order valence-corrected chi connectivity index (χ3v) is 2.33. The Kier molecular flexibility index (Phi) is 1.08. The first-order chi connectivity index (χ1) is 4.31. The van der Waals surface area contributed by atoms with Gasteiger partial charge in [0.05, 0.1) is 18.3 Å². The van der Waals surface area contributed by atoms with Gasteiger partial charge in [0.15, 0.2) is 0 Å². The third-order valence-electron chi connectivity index (χ3n) is 2.33. The van der Waals surface area contributed by atoms with E-state index < -0.39 is 0 Å². The molecule has 2 rings (SSSR count). The number of aliphatic hydroxyl groups excluding tert-OH is 1. The largest absolute Gasteiger partial charge is 0.393 e. The lowest BCUT2D eigenvalue weighted by molar-refractivity contribution is 0.0817. The maximum absolute atomic E-state index is 9.20. The third kappa shape index (κ3) is 0.970. The number of epoxide rings is 1. The molecule has 2 fully saturated rings. The molecule has 2 unspecified atom stereocenters. The van der Waals surface area contributed by atoms with Crippen LogP contribution in [0.3, 0.4) is 0 Å². The molecule has 1 heterocycles. The molecule has 2 aliphatic rings. The average molecular weight is 128 g/mol. The molecular formula is C7H12O2. The Morgan fingerprint density at radius 1 is 1.56 bits per heavy atom. The van der Waals surface area contributed by atoms with Gasteiger partial charge in [-0.3, -0.25) is 0 Å². The summed E-state index contributed by atoms with van der Waals surface area (Å²) in [6, 6.07) is 0. The highest BCUT2D eigenvalue weighted by molar-refractivity contribution is 4.96. The monoisotopic (exact) mass is 128 g/mol. The van der Waals surface area contributed by atoms with E-state index in [1.165, 1.54) is 6.42 Å². The molecule has 1 saturated carbocycles. The first kappa shape index (κ1) is 5.69. The van der Waals surface area contributed by atoms with Crippen LogP contribution in [-0.4, -0.2) is 23.4 Å². The summed E-state index contributed by atoms with van der Waals surface area (Å²) in [5.41, 5.74) is 0.150. The summed E-state index contributed by atoms with van der Waals surface area (Å²) in [5.74, 6) is 0. The van der Waals surface area contributed by atoms with Gasteiger partial charge in [-0.1, -0.05) is 0 Å². The van der Waals surface area contributed by atoms with Gasteiger partial charge in [-0.25, -0.2) is 0 Å². The molecule has 2 heteroatoms. The molecule has 0 aromatic heterocycles. The van der Waals surface area contributed by atoms with Crippen LogP contribution in [0.1, 0.15) is 25.7 Å². The highest BCUT2D eigenvalue weighted by Crippen LogP contribution is 2.41. The van der Waals surface area contributed by atoms with Gasteiger partial charge in [0.2, 0.25) is 0 Å². The Balaban J connectivity index is 1.96. The van der Waals surface area contributed by atoms with Crippen LogP contribution in [0.2, 0.25) is 0 Å². The second kappa shape index (κ2) is 1.70. The van der Waals surface area contributed by atoms with Gasteiger partial charge in [0.25, 0.3) is 0 Å². The Morgan fingerprint density at radius 2 is 2.33 bits per heavy atom. The van der Waals surface area contributed by atoms with Gasteiger partial charge in [-0.2, -0.15) is 0 Å². The summed E-state index contributed by atoms with van der Waals surface area (Å²) >= 11 is 0. The predicted octanol–water partition coefficient (Wildman–Crippen LogP) is 0.690. The lowest BCUT2D eigenvalue weighted by Gasteiger charge is -2.22. The van der Waals surface area contributed by atoms with Crippen LogP contribution in [0.5, 0.6) is 0 Å². The minimum absolute atomic E-state index is 0.0822. The van der Waals surface area contributed by atoms with Crippen molar-refractivity contribution in [1.29, 1.82) is 0 Å². The van der Waals surface area contributed by atoms with Crippen LogP contribution in [0.15, 0.2) is 0 Å². The molecule has 0 radical (unpaired) electrons. The molecule has 2 atom stereocenters. The fourth-order valence-corrected chi connectivity index (χ4v) is 1.66. The van der Waals surface area contributed by atoms with Crippen LogP contribution in [-0.2, 0) is 4.74 Å². The topological polar surface area (TPSA) is 32.8 Å². The van der Waals surface area contributed by atoms with Crippen molar-refractivity contribution in [2.45, 2.75) is 37.4 Å². The summed E-state index contributed by atoms with van der Waals surface area (Å²) in [5, 5.41) is 9.20. The van der Waals surface area contributed by atoms with E-state index in [9.17, 15) is 5.11 Å². The van der Waals surface area contributed by atoms with E-state index in [1.807, 2.05) is 0 Å². The molecule has 9 heavy (non-hydrogen) atoms. The maximum Gasteiger partial charge on any atom is 0.0941 e. The van der Waals surface area contributed by atoms with Crippen LogP contribution >= 0.6 is 0 Å². The van der Waals surface area contributed by atoms with Crippen LogP contribution in [0.4, 0.5) is 0 Å². The SMILES string of the molecule is OC1CCCC2(CO2)C1. The summed E-state index contributed by atoms with van der Waals surface area (Å²) < 4.78 is 5.25. The molecule has 0 aromatic rings. The normalized spacial score (nSPS) is 49.7. The van der Waals surface area contributed by atoms with Crippen LogP contribution < -0.4 is 0 Å². The molecule has 1 N–H and O–H groups in total. The first-order valence-corrected chi connectivity index (χ1v) is 3.63. The minimum atomic E-state index is -0.0822. The van der Waals surface area contributed by atoms with E-state index in [-0.39, 0.29) is 11.7 Å². The van der Waals surface area contributed by atoms with Crippen molar-refractivity contribution >= 4 is 0 Å². The molecule has 0 amide bonds. The van der Waals surface area contributed by atoms with Gasteiger partial charge in [-0.15, -0.1) is 0 Å². The molecule has 52 valence electrons. The van der Waals surface area contributed by atoms with Crippen molar-refractivity contribution in [1.82, 2.24) is 0 Å². The van der Waals surface area contributed by atoms with Crippen molar-refractivity contribution in [3.63, 3.8) is 0 Å². The second-order valence-electron chi connectivity index (χ2n) is 3.22. The maximum atomic E-state index is 9.20. The summed E-state index contributed by atoms with van der Waals surface area (Å²) in [6.45, 7) is 0.893. The lowest BCUT2D eigenvalue weighted by atomic mass is 9.88. The summed E-state index contributed by atoms with van der Waals surface area (Å²) in [4.78, 5) is 0. The fourth-order valence-electron chi connectivity index (χ4n) is 1.66. The molecule has 0 aromatic carbocycles. The number of ether oxygens (including phenoxy) is 1. The Labute approximate surface area is 54.8 Å². The zero-order valence-corrected chi connectivity index (χ0v) is 5.47. The number of hydrogen-bond donors (Lipinski definition) is 1. The minimum Gasteiger partial charge on any atom is -0.393 e. The van der Waals surface area contributed by atoms with E-state index in [1.54, 1.807) is 0 Å². The zero-order valence-electron chi connectivity index (χ0n) is 5.47. The quantitative estimate of drug-likeness (QED) is 0.487. The summed E-state index contributed by atoms with van der Waals surface area (Å²) in [7, 11) is 0. The van der Waals surface area contributed by atoms with Gasteiger partial charge in [-0.05, 0) is 19.3 Å². The highest BCUT2D eigenvalue weighted by atomic mass is 16.6. The molecule has 1 spiro atoms. The van der Waals surface area contributed by atoms with Crippen molar-refractivity contribution in [3.05, 3.63) is 0 Å². The van der Waals surface area contributed by atoms with Gasteiger partial charge in [0.1, 0.15) is 0 Å². The zero-order chi connectivity index (χ0) is 6.32. The molecule has 1 saturated heterocycles.